The van der Waals surface area contributed by atoms with E-state index in [-0.39, 0.29) is 5.91 Å². The average molecular weight is 245 g/mol. The summed E-state index contributed by atoms with van der Waals surface area (Å²) in [7, 11) is 0. The third kappa shape index (κ3) is 3.86. The molecule has 0 radical (unpaired) electrons. The van der Waals surface area contributed by atoms with E-state index in [4.69, 9.17) is 5.73 Å². The van der Waals surface area contributed by atoms with Crippen molar-refractivity contribution < 1.29 is 4.79 Å². The summed E-state index contributed by atoms with van der Waals surface area (Å²) in [6.07, 6.45) is 0.769. The van der Waals surface area contributed by atoms with Crippen LogP contribution in [-0.4, -0.2) is 17.4 Å². The van der Waals surface area contributed by atoms with Gasteiger partial charge < -0.3 is 11.1 Å². The van der Waals surface area contributed by atoms with Gasteiger partial charge in [0.1, 0.15) is 11.5 Å². The highest BCUT2D eigenvalue weighted by Gasteiger charge is 2.25. The summed E-state index contributed by atoms with van der Waals surface area (Å²) in [6, 6.07) is 5.34. The summed E-state index contributed by atoms with van der Waals surface area (Å²) < 4.78 is 0. The van der Waals surface area contributed by atoms with Crippen molar-refractivity contribution in [1.82, 2.24) is 4.98 Å². The van der Waals surface area contributed by atoms with Crippen LogP contribution in [0.5, 0.6) is 0 Å². The molecule has 0 bridgehead atoms. The fourth-order valence-corrected chi connectivity index (χ4v) is 1.16. The Bertz CT molecular complexity index is 483. The normalized spacial score (nSPS) is 10.4. The monoisotopic (exact) mass is 245 g/mol. The van der Waals surface area contributed by atoms with Crippen LogP contribution in [0.15, 0.2) is 18.2 Å². The minimum Gasteiger partial charge on any atom is -0.320 e. The summed E-state index contributed by atoms with van der Waals surface area (Å²) >= 11 is 0. The van der Waals surface area contributed by atoms with E-state index in [0.29, 0.717) is 18.1 Å². The first-order chi connectivity index (χ1) is 8.49. The number of rotatable bonds is 3. The van der Waals surface area contributed by atoms with Gasteiger partial charge in [0, 0.05) is 5.41 Å². The van der Waals surface area contributed by atoms with Gasteiger partial charge in [0.15, 0.2) is 0 Å². The van der Waals surface area contributed by atoms with Gasteiger partial charge in [-0.15, -0.1) is 0 Å². The van der Waals surface area contributed by atoms with E-state index in [1.54, 1.807) is 12.1 Å². The van der Waals surface area contributed by atoms with Gasteiger partial charge in [-0.1, -0.05) is 32.8 Å². The SMILES string of the molecule is CCC(C)(C)C(=O)Nc1cccc(C#CCN)n1. The molecule has 0 fully saturated rings. The third-order valence-electron chi connectivity index (χ3n) is 2.81. The first-order valence-electron chi connectivity index (χ1n) is 5.97. The maximum Gasteiger partial charge on any atom is 0.231 e. The molecule has 96 valence electrons. The number of hydrogen-bond acceptors (Lipinski definition) is 3. The van der Waals surface area contributed by atoms with Gasteiger partial charge in [-0.3, -0.25) is 4.79 Å². The number of nitrogens with two attached hydrogens (primary N) is 1. The average Bonchev–Trinajstić information content (AvgIpc) is 2.36. The van der Waals surface area contributed by atoms with Gasteiger partial charge >= 0.3 is 0 Å². The number of anilines is 1. The summed E-state index contributed by atoms with van der Waals surface area (Å²) in [5, 5.41) is 2.80. The van der Waals surface area contributed by atoms with Gasteiger partial charge in [0.05, 0.1) is 6.54 Å². The van der Waals surface area contributed by atoms with Gasteiger partial charge in [-0.2, -0.15) is 0 Å². The Labute approximate surface area is 108 Å². The lowest BCUT2D eigenvalue weighted by molar-refractivity contribution is -0.124. The zero-order valence-corrected chi connectivity index (χ0v) is 11.1. The molecule has 0 aliphatic rings. The van der Waals surface area contributed by atoms with Gasteiger partial charge in [-0.05, 0) is 24.5 Å². The molecule has 1 aromatic heterocycles. The molecule has 0 aliphatic carbocycles. The molecule has 0 aliphatic heterocycles. The van der Waals surface area contributed by atoms with Crippen molar-refractivity contribution >= 4 is 11.7 Å². The van der Waals surface area contributed by atoms with E-state index in [9.17, 15) is 4.79 Å². The summed E-state index contributed by atoms with van der Waals surface area (Å²) in [6.45, 7) is 6.08. The molecular formula is C14H19N3O. The smallest absolute Gasteiger partial charge is 0.231 e. The predicted molar refractivity (Wildman–Crippen MR) is 72.9 cm³/mol. The van der Waals surface area contributed by atoms with Crippen molar-refractivity contribution in [2.24, 2.45) is 11.1 Å². The van der Waals surface area contributed by atoms with Gasteiger partial charge in [-0.25, -0.2) is 4.98 Å². The molecule has 0 aromatic carbocycles. The summed E-state index contributed by atoms with van der Waals surface area (Å²) in [4.78, 5) is 16.2. The van der Waals surface area contributed by atoms with Crippen LogP contribution in [-0.2, 0) is 4.79 Å². The molecule has 1 amide bonds. The van der Waals surface area contributed by atoms with Crippen LogP contribution < -0.4 is 11.1 Å². The van der Waals surface area contributed by atoms with Crippen LogP contribution >= 0.6 is 0 Å². The van der Waals surface area contributed by atoms with Crippen molar-refractivity contribution in [2.45, 2.75) is 27.2 Å². The van der Waals surface area contributed by atoms with Crippen molar-refractivity contribution in [3.8, 4) is 11.8 Å². The van der Waals surface area contributed by atoms with Gasteiger partial charge in [0.2, 0.25) is 5.91 Å². The minimum absolute atomic E-state index is 0.0403. The Hall–Kier alpha value is -1.86. The summed E-state index contributed by atoms with van der Waals surface area (Å²) in [5.41, 5.74) is 5.50. The highest BCUT2D eigenvalue weighted by Crippen LogP contribution is 2.21. The van der Waals surface area contributed by atoms with Crippen molar-refractivity contribution in [3.63, 3.8) is 0 Å². The molecule has 3 N–H and O–H groups in total. The number of carbonyl (C=O) groups excluding carboxylic acids is 1. The maximum absolute atomic E-state index is 12.0. The van der Waals surface area contributed by atoms with E-state index < -0.39 is 5.41 Å². The van der Waals surface area contributed by atoms with Crippen LogP contribution in [0, 0.1) is 17.3 Å². The zero-order chi connectivity index (χ0) is 13.6. The molecule has 0 saturated carbocycles. The largest absolute Gasteiger partial charge is 0.320 e. The van der Waals surface area contributed by atoms with E-state index in [1.807, 2.05) is 26.8 Å². The number of amides is 1. The Balaban J connectivity index is 2.83. The number of nitrogens with zero attached hydrogens (tertiary/aromatic N) is 1. The summed E-state index contributed by atoms with van der Waals surface area (Å²) in [5.74, 6) is 6.04. The van der Waals surface area contributed by atoms with Crippen LogP contribution in [0.4, 0.5) is 5.82 Å². The highest BCUT2D eigenvalue weighted by molar-refractivity contribution is 5.93. The molecule has 0 saturated heterocycles. The lowest BCUT2D eigenvalue weighted by Crippen LogP contribution is -2.30. The van der Waals surface area contributed by atoms with Gasteiger partial charge in [0.25, 0.3) is 0 Å². The Morgan fingerprint density at radius 1 is 1.50 bits per heavy atom. The molecule has 4 nitrogen and oxygen atoms in total. The number of aromatic nitrogens is 1. The first-order valence-corrected chi connectivity index (χ1v) is 5.97. The second kappa shape index (κ2) is 6.18. The van der Waals surface area contributed by atoms with Crippen LogP contribution in [0.3, 0.4) is 0 Å². The molecule has 1 heterocycles. The molecule has 0 unspecified atom stereocenters. The topological polar surface area (TPSA) is 68.0 Å². The van der Waals surface area contributed by atoms with Crippen molar-refractivity contribution in [1.29, 1.82) is 0 Å². The molecule has 1 aromatic rings. The van der Waals surface area contributed by atoms with Crippen molar-refractivity contribution in [3.05, 3.63) is 23.9 Å². The maximum atomic E-state index is 12.0. The number of pyridine rings is 1. The second-order valence-electron chi connectivity index (χ2n) is 4.61. The fraction of sp³-hybridized carbons (Fsp3) is 0.429. The number of nitrogens with one attached hydrogen (secondary N) is 1. The first kappa shape index (κ1) is 14.2. The van der Waals surface area contributed by atoms with E-state index >= 15 is 0 Å². The van der Waals surface area contributed by atoms with E-state index in [2.05, 4.69) is 22.1 Å². The van der Waals surface area contributed by atoms with Crippen molar-refractivity contribution in [2.75, 3.05) is 11.9 Å². The van der Waals surface area contributed by atoms with Crippen LogP contribution in [0.1, 0.15) is 32.9 Å². The molecule has 1 rings (SSSR count). The quantitative estimate of drug-likeness (QED) is 0.797. The lowest BCUT2D eigenvalue weighted by atomic mass is 9.89. The third-order valence-corrected chi connectivity index (χ3v) is 2.81. The van der Waals surface area contributed by atoms with Crippen LogP contribution in [0.25, 0.3) is 0 Å². The molecule has 0 atom stereocenters. The van der Waals surface area contributed by atoms with Crippen LogP contribution in [0.2, 0.25) is 0 Å². The standard InChI is InChI=1S/C14H19N3O/c1-4-14(2,3)13(18)17-12-9-5-7-11(16-12)8-6-10-15/h5,7,9H,4,10,15H2,1-3H3,(H,16,17,18). The molecular weight excluding hydrogens is 226 g/mol. The lowest BCUT2D eigenvalue weighted by Gasteiger charge is -2.21. The van der Waals surface area contributed by atoms with E-state index in [0.717, 1.165) is 6.42 Å². The number of carbonyl (C=O) groups is 1. The Morgan fingerprint density at radius 2 is 2.22 bits per heavy atom. The highest BCUT2D eigenvalue weighted by atomic mass is 16.2. The Morgan fingerprint density at radius 3 is 2.83 bits per heavy atom. The minimum atomic E-state index is -0.402. The molecule has 18 heavy (non-hydrogen) atoms. The zero-order valence-electron chi connectivity index (χ0n) is 11.1. The Kier molecular flexibility index (Phi) is 4.87. The number of hydrogen-bond donors (Lipinski definition) is 2. The molecule has 4 heteroatoms. The van der Waals surface area contributed by atoms with E-state index in [1.165, 1.54) is 0 Å². The molecule has 0 spiro atoms. The fourth-order valence-electron chi connectivity index (χ4n) is 1.16. The second-order valence-corrected chi connectivity index (χ2v) is 4.61. The predicted octanol–water partition coefficient (Wildman–Crippen LogP) is 1.77.